The molecule has 2 unspecified atom stereocenters. The molecule has 0 spiro atoms. The minimum absolute atomic E-state index is 0.162. The topological polar surface area (TPSA) is 93.8 Å². The maximum atomic E-state index is 14.7. The lowest BCUT2D eigenvalue weighted by atomic mass is 10.1. The van der Waals surface area contributed by atoms with Gasteiger partial charge < -0.3 is 26.0 Å². The SMILES string of the molecule is Nc1nnc(-c2ccccc2O)cc1N1CC2CCC(C1)N2c1cc(F)cc(CN2CCNCC2)c1. The van der Waals surface area contributed by atoms with E-state index in [0.29, 0.717) is 17.1 Å². The third-order valence-electron chi connectivity index (χ3n) is 7.66. The van der Waals surface area contributed by atoms with Gasteiger partial charge in [-0.3, -0.25) is 4.90 Å². The lowest BCUT2D eigenvalue weighted by Gasteiger charge is -2.43. The maximum Gasteiger partial charge on any atom is 0.169 e. The third kappa shape index (κ3) is 4.44. The lowest BCUT2D eigenvalue weighted by molar-refractivity contribution is 0.233. The van der Waals surface area contributed by atoms with Crippen LogP contribution in [0.5, 0.6) is 5.75 Å². The summed E-state index contributed by atoms with van der Waals surface area (Å²) < 4.78 is 14.7. The van der Waals surface area contributed by atoms with Crippen molar-refractivity contribution in [2.75, 3.05) is 54.8 Å². The summed E-state index contributed by atoms with van der Waals surface area (Å²) in [6.07, 6.45) is 2.10. The van der Waals surface area contributed by atoms with Crippen molar-refractivity contribution in [1.82, 2.24) is 20.4 Å². The number of nitrogens with zero attached hydrogens (tertiary/aromatic N) is 5. The molecule has 3 aliphatic rings. The Hall–Kier alpha value is -3.43. The monoisotopic (exact) mass is 489 g/mol. The number of hydrogen-bond acceptors (Lipinski definition) is 8. The summed E-state index contributed by atoms with van der Waals surface area (Å²) >= 11 is 0. The first kappa shape index (κ1) is 23.0. The van der Waals surface area contributed by atoms with Crippen molar-refractivity contribution in [3.8, 4) is 17.0 Å². The number of anilines is 3. The van der Waals surface area contributed by atoms with Gasteiger partial charge in [0, 0.05) is 69.1 Å². The fourth-order valence-corrected chi connectivity index (χ4v) is 5.99. The van der Waals surface area contributed by atoms with Crippen molar-refractivity contribution in [3.05, 3.63) is 59.9 Å². The number of halogens is 1. The smallest absolute Gasteiger partial charge is 0.169 e. The fraction of sp³-hybridized carbons (Fsp3) is 0.407. The van der Waals surface area contributed by atoms with Gasteiger partial charge in [-0.25, -0.2) is 4.39 Å². The molecule has 3 aliphatic heterocycles. The molecular formula is C27H32FN7O. The van der Waals surface area contributed by atoms with Crippen LogP contribution in [0.3, 0.4) is 0 Å². The number of rotatable bonds is 5. The predicted octanol–water partition coefficient (Wildman–Crippen LogP) is 2.83. The van der Waals surface area contributed by atoms with Crippen LogP contribution in [0.15, 0.2) is 48.5 Å². The van der Waals surface area contributed by atoms with Crippen molar-refractivity contribution >= 4 is 17.2 Å². The molecule has 8 nitrogen and oxygen atoms in total. The molecule has 188 valence electrons. The van der Waals surface area contributed by atoms with Gasteiger partial charge in [-0.1, -0.05) is 12.1 Å². The molecule has 0 amide bonds. The molecule has 6 rings (SSSR count). The molecule has 3 saturated heterocycles. The number of phenolic OH excluding ortho intramolecular Hbond substituents is 1. The number of para-hydroxylation sites is 1. The Labute approximate surface area is 210 Å². The zero-order valence-corrected chi connectivity index (χ0v) is 20.3. The number of piperazine rings is 2. The second-order valence-electron chi connectivity index (χ2n) is 10.1. The Morgan fingerprint density at radius 1 is 1.00 bits per heavy atom. The van der Waals surface area contributed by atoms with E-state index in [1.54, 1.807) is 24.3 Å². The van der Waals surface area contributed by atoms with Crippen LogP contribution in [0.2, 0.25) is 0 Å². The van der Waals surface area contributed by atoms with E-state index in [1.807, 2.05) is 18.2 Å². The summed E-state index contributed by atoms with van der Waals surface area (Å²) in [4.78, 5) is 7.06. The van der Waals surface area contributed by atoms with Crippen LogP contribution in [0.25, 0.3) is 11.3 Å². The predicted molar refractivity (Wildman–Crippen MR) is 140 cm³/mol. The van der Waals surface area contributed by atoms with E-state index in [1.165, 1.54) is 0 Å². The highest BCUT2D eigenvalue weighted by atomic mass is 19.1. The average Bonchev–Trinajstić information content (AvgIpc) is 3.14. The van der Waals surface area contributed by atoms with E-state index in [-0.39, 0.29) is 23.7 Å². The molecule has 1 aromatic heterocycles. The molecular weight excluding hydrogens is 457 g/mol. The first-order chi connectivity index (χ1) is 17.5. The molecule has 4 heterocycles. The average molecular weight is 490 g/mol. The first-order valence-electron chi connectivity index (χ1n) is 12.7. The van der Waals surface area contributed by atoms with Crippen LogP contribution in [0.1, 0.15) is 18.4 Å². The van der Waals surface area contributed by atoms with Gasteiger partial charge in [-0.05, 0) is 54.8 Å². The normalized spacial score (nSPS) is 22.2. The Kier molecular flexibility index (Phi) is 6.10. The van der Waals surface area contributed by atoms with Crippen molar-refractivity contribution in [2.45, 2.75) is 31.5 Å². The largest absolute Gasteiger partial charge is 0.507 e. The highest BCUT2D eigenvalue weighted by molar-refractivity contribution is 5.74. The van der Waals surface area contributed by atoms with E-state index < -0.39 is 0 Å². The molecule has 3 fully saturated rings. The molecule has 9 heteroatoms. The fourth-order valence-electron chi connectivity index (χ4n) is 5.99. The summed E-state index contributed by atoms with van der Waals surface area (Å²) in [5.41, 5.74) is 10.3. The molecule has 0 radical (unpaired) electrons. The molecule has 0 aliphatic carbocycles. The van der Waals surface area contributed by atoms with Crippen molar-refractivity contribution in [1.29, 1.82) is 0 Å². The van der Waals surface area contributed by atoms with Crippen LogP contribution < -0.4 is 20.9 Å². The molecule has 36 heavy (non-hydrogen) atoms. The van der Waals surface area contributed by atoms with Gasteiger partial charge >= 0.3 is 0 Å². The number of nitrogen functional groups attached to an aromatic ring is 1. The lowest BCUT2D eigenvalue weighted by Crippen LogP contribution is -2.54. The quantitative estimate of drug-likeness (QED) is 0.504. The Bertz CT molecular complexity index is 1230. The maximum absolute atomic E-state index is 14.7. The van der Waals surface area contributed by atoms with E-state index in [9.17, 15) is 9.50 Å². The van der Waals surface area contributed by atoms with Gasteiger partial charge in [0.15, 0.2) is 5.82 Å². The number of nitrogens with two attached hydrogens (primary N) is 1. The number of hydrogen-bond donors (Lipinski definition) is 3. The zero-order chi connectivity index (χ0) is 24.6. The summed E-state index contributed by atoms with van der Waals surface area (Å²) in [5, 5.41) is 22.1. The number of aromatic hydroxyl groups is 1. The summed E-state index contributed by atoms with van der Waals surface area (Å²) in [6, 6.07) is 15.1. The standard InChI is InChI=1S/C27H32FN7O/c28-19-11-18(15-33-9-7-30-8-10-33)12-22(13-19)35-20-5-6-21(35)17-34(16-20)25-14-24(31-32-27(25)29)23-3-1-2-4-26(23)36/h1-4,11-14,20-21,30,36H,5-10,15-17H2,(H2,29,32). The van der Waals surface area contributed by atoms with Gasteiger partial charge in [0.1, 0.15) is 11.6 Å². The van der Waals surface area contributed by atoms with E-state index in [4.69, 9.17) is 5.73 Å². The van der Waals surface area contributed by atoms with Gasteiger partial charge in [0.25, 0.3) is 0 Å². The summed E-state index contributed by atoms with van der Waals surface area (Å²) in [6.45, 7) is 6.25. The van der Waals surface area contributed by atoms with Crippen molar-refractivity contribution < 1.29 is 9.50 Å². The van der Waals surface area contributed by atoms with Gasteiger partial charge in [0.05, 0.1) is 11.4 Å². The number of phenols is 1. The highest BCUT2D eigenvalue weighted by Gasteiger charge is 2.41. The molecule has 3 aromatic rings. The van der Waals surface area contributed by atoms with Crippen molar-refractivity contribution in [3.63, 3.8) is 0 Å². The molecule has 4 N–H and O–H groups in total. The molecule has 0 saturated carbocycles. The van der Waals surface area contributed by atoms with Crippen LogP contribution in [0.4, 0.5) is 21.6 Å². The number of aromatic nitrogens is 2. The first-order valence-corrected chi connectivity index (χ1v) is 12.7. The molecule has 2 aromatic carbocycles. The Morgan fingerprint density at radius 2 is 1.75 bits per heavy atom. The Balaban J connectivity index is 1.24. The number of nitrogens with one attached hydrogen (secondary N) is 1. The second kappa shape index (κ2) is 9.55. The van der Waals surface area contributed by atoms with Gasteiger partial charge in [0.2, 0.25) is 0 Å². The molecule has 2 atom stereocenters. The van der Waals surface area contributed by atoms with E-state index in [2.05, 4.69) is 36.3 Å². The minimum atomic E-state index is -0.172. The van der Waals surface area contributed by atoms with E-state index >= 15 is 0 Å². The zero-order valence-electron chi connectivity index (χ0n) is 20.3. The van der Waals surface area contributed by atoms with Crippen molar-refractivity contribution in [2.24, 2.45) is 0 Å². The summed E-state index contributed by atoms with van der Waals surface area (Å²) in [5.74, 6) is 0.371. The molecule has 2 bridgehead atoms. The van der Waals surface area contributed by atoms with Crippen LogP contribution >= 0.6 is 0 Å². The highest BCUT2D eigenvalue weighted by Crippen LogP contribution is 2.39. The minimum Gasteiger partial charge on any atom is -0.507 e. The third-order valence-corrected chi connectivity index (χ3v) is 7.66. The van der Waals surface area contributed by atoms with Crippen LogP contribution in [0, 0.1) is 5.82 Å². The van der Waals surface area contributed by atoms with E-state index in [0.717, 1.165) is 75.6 Å². The van der Waals surface area contributed by atoms with Crippen LogP contribution in [-0.4, -0.2) is 71.6 Å². The number of benzene rings is 2. The Morgan fingerprint density at radius 3 is 2.50 bits per heavy atom. The second-order valence-corrected chi connectivity index (χ2v) is 10.1. The van der Waals surface area contributed by atoms with Crippen LogP contribution in [-0.2, 0) is 6.54 Å². The number of fused-ring (bicyclic) bond motifs is 2. The van der Waals surface area contributed by atoms with Gasteiger partial charge in [-0.2, -0.15) is 0 Å². The summed E-state index contributed by atoms with van der Waals surface area (Å²) in [7, 11) is 0. The van der Waals surface area contributed by atoms with Gasteiger partial charge in [-0.15, -0.1) is 10.2 Å².